The van der Waals surface area contributed by atoms with Crippen LogP contribution < -0.4 is 9.64 Å². The third-order valence-corrected chi connectivity index (χ3v) is 7.73. The van der Waals surface area contributed by atoms with Gasteiger partial charge in [-0.1, -0.05) is 30.3 Å². The number of fused-ring (bicyclic) bond motifs is 2. The number of ether oxygens (including phenoxy) is 1. The van der Waals surface area contributed by atoms with Crippen LogP contribution in [0.4, 0.5) is 24.5 Å². The molecule has 3 aliphatic rings. The van der Waals surface area contributed by atoms with Gasteiger partial charge in [0, 0.05) is 38.3 Å². The molecular formula is C28H23F3N4O5. The second kappa shape index (κ2) is 9.63. The maximum atomic E-state index is 14.6. The SMILES string of the molecule is O=C1c2ccccc2C(=O)N1[C@H]1CCN2CCN(c3c([N+](=O)[O-])ccc(Oc4ccccc4)c3C(F)(F)F)C[C@@H]12. The van der Waals surface area contributed by atoms with E-state index in [1.165, 1.54) is 21.9 Å². The van der Waals surface area contributed by atoms with Crippen molar-refractivity contribution in [3.63, 3.8) is 0 Å². The van der Waals surface area contributed by atoms with Gasteiger partial charge in [-0.2, -0.15) is 13.2 Å². The number of imide groups is 1. The smallest absolute Gasteiger partial charge is 0.422 e. The molecule has 12 heteroatoms. The van der Waals surface area contributed by atoms with Gasteiger partial charge in [0.1, 0.15) is 22.7 Å². The Morgan fingerprint density at radius 2 is 1.50 bits per heavy atom. The van der Waals surface area contributed by atoms with E-state index < -0.39 is 57.7 Å². The molecule has 0 bridgehead atoms. The Morgan fingerprint density at radius 1 is 0.850 bits per heavy atom. The van der Waals surface area contributed by atoms with Crippen LogP contribution in [-0.2, 0) is 6.18 Å². The molecular weight excluding hydrogens is 529 g/mol. The van der Waals surface area contributed by atoms with Crippen LogP contribution in [0, 0.1) is 10.1 Å². The number of anilines is 1. The Labute approximate surface area is 226 Å². The molecule has 3 aromatic carbocycles. The summed E-state index contributed by atoms with van der Waals surface area (Å²) >= 11 is 0. The number of nitro benzene ring substituents is 1. The summed E-state index contributed by atoms with van der Waals surface area (Å²) in [6, 6.07) is 15.2. The molecule has 2 fully saturated rings. The molecule has 0 spiro atoms. The summed E-state index contributed by atoms with van der Waals surface area (Å²) in [5, 5.41) is 12.0. The lowest BCUT2D eigenvalue weighted by Crippen LogP contribution is -2.57. The van der Waals surface area contributed by atoms with E-state index in [1.54, 1.807) is 42.5 Å². The van der Waals surface area contributed by atoms with Gasteiger partial charge in [0.05, 0.1) is 22.1 Å². The Bertz CT molecular complexity index is 1480. The van der Waals surface area contributed by atoms with E-state index in [2.05, 4.69) is 0 Å². The minimum Gasteiger partial charge on any atom is -0.457 e. The molecule has 0 unspecified atom stereocenters. The van der Waals surface area contributed by atoms with Crippen LogP contribution in [-0.4, -0.2) is 64.8 Å². The number of halogens is 3. The minimum absolute atomic E-state index is 0.0449. The van der Waals surface area contributed by atoms with Crippen molar-refractivity contribution in [2.75, 3.05) is 31.1 Å². The lowest BCUT2D eigenvalue weighted by molar-refractivity contribution is -0.384. The molecule has 2 saturated heterocycles. The van der Waals surface area contributed by atoms with Crippen molar-refractivity contribution in [1.29, 1.82) is 0 Å². The fraction of sp³-hybridized carbons (Fsp3) is 0.286. The molecule has 0 aromatic heterocycles. The Kier molecular flexibility index (Phi) is 6.21. The van der Waals surface area contributed by atoms with Gasteiger partial charge in [-0.15, -0.1) is 0 Å². The molecule has 0 saturated carbocycles. The summed E-state index contributed by atoms with van der Waals surface area (Å²) in [5.41, 5.74) is -1.94. The van der Waals surface area contributed by atoms with Crippen LogP contribution in [0.3, 0.4) is 0 Å². The maximum absolute atomic E-state index is 14.6. The topological polar surface area (TPSA) is 96.2 Å². The molecule has 2 atom stereocenters. The van der Waals surface area contributed by atoms with Crippen LogP contribution in [0.15, 0.2) is 66.7 Å². The molecule has 0 radical (unpaired) electrons. The number of nitro groups is 1. The van der Waals surface area contributed by atoms with Crippen LogP contribution in [0.2, 0.25) is 0 Å². The first-order valence-electron chi connectivity index (χ1n) is 12.7. The number of hydrogen-bond acceptors (Lipinski definition) is 7. The molecule has 9 nitrogen and oxygen atoms in total. The molecule has 0 N–H and O–H groups in total. The van der Waals surface area contributed by atoms with Gasteiger partial charge in [0.25, 0.3) is 17.5 Å². The van der Waals surface area contributed by atoms with Crippen molar-refractivity contribution in [3.8, 4) is 11.5 Å². The van der Waals surface area contributed by atoms with E-state index >= 15 is 0 Å². The average molecular weight is 553 g/mol. The van der Waals surface area contributed by atoms with Gasteiger partial charge in [-0.25, -0.2) is 0 Å². The zero-order chi connectivity index (χ0) is 28.2. The average Bonchev–Trinajstić information content (AvgIpc) is 3.45. The third kappa shape index (κ3) is 4.24. The van der Waals surface area contributed by atoms with Crippen molar-refractivity contribution in [1.82, 2.24) is 9.80 Å². The van der Waals surface area contributed by atoms with Gasteiger partial charge in [-0.3, -0.25) is 29.5 Å². The molecule has 0 aliphatic carbocycles. The van der Waals surface area contributed by atoms with E-state index in [0.29, 0.717) is 30.6 Å². The Balaban J connectivity index is 1.39. The lowest BCUT2D eigenvalue weighted by Gasteiger charge is -2.42. The lowest BCUT2D eigenvalue weighted by atomic mass is 10.0. The summed E-state index contributed by atoms with van der Waals surface area (Å²) in [5.74, 6) is -1.28. The van der Waals surface area contributed by atoms with Crippen LogP contribution >= 0.6 is 0 Å². The van der Waals surface area contributed by atoms with Gasteiger partial charge < -0.3 is 9.64 Å². The monoisotopic (exact) mass is 552 g/mol. The predicted molar refractivity (Wildman–Crippen MR) is 138 cm³/mol. The summed E-state index contributed by atoms with van der Waals surface area (Å²) in [6.07, 6.45) is -4.52. The molecule has 2 amide bonds. The van der Waals surface area contributed by atoms with E-state index in [1.807, 2.05) is 4.90 Å². The van der Waals surface area contributed by atoms with Crippen molar-refractivity contribution in [3.05, 3.63) is 93.5 Å². The zero-order valence-electron chi connectivity index (χ0n) is 21.0. The molecule has 206 valence electrons. The highest BCUT2D eigenvalue weighted by atomic mass is 19.4. The van der Waals surface area contributed by atoms with Crippen LogP contribution in [0.5, 0.6) is 11.5 Å². The molecule has 6 rings (SSSR count). The number of hydrogen-bond donors (Lipinski definition) is 0. The zero-order valence-corrected chi connectivity index (χ0v) is 21.0. The first-order chi connectivity index (χ1) is 19.1. The largest absolute Gasteiger partial charge is 0.457 e. The molecule has 40 heavy (non-hydrogen) atoms. The summed E-state index contributed by atoms with van der Waals surface area (Å²) in [6.45, 7) is 0.894. The number of benzene rings is 3. The minimum atomic E-state index is -4.97. The van der Waals surface area contributed by atoms with Gasteiger partial charge in [0.15, 0.2) is 0 Å². The van der Waals surface area contributed by atoms with E-state index in [9.17, 15) is 32.9 Å². The van der Waals surface area contributed by atoms with Gasteiger partial charge in [-0.05, 0) is 36.8 Å². The quantitative estimate of drug-likeness (QED) is 0.251. The third-order valence-electron chi connectivity index (χ3n) is 7.73. The Morgan fingerprint density at radius 3 is 2.12 bits per heavy atom. The molecule has 3 aliphatic heterocycles. The maximum Gasteiger partial charge on any atom is 0.422 e. The number of nitrogens with zero attached hydrogens (tertiary/aromatic N) is 4. The van der Waals surface area contributed by atoms with Crippen molar-refractivity contribution in [2.24, 2.45) is 0 Å². The predicted octanol–water partition coefficient (Wildman–Crippen LogP) is 4.97. The standard InChI is InChI=1S/C28H23F3N4O5/c29-28(30,31)24-23(40-17-6-2-1-3-7-17)11-10-21(35(38)39)25(24)33-15-14-32-13-12-20(22(32)16-33)34-26(36)18-8-4-5-9-19(18)27(34)37/h1-11,20,22H,12-16H2/t20-,22-/m0/s1. The highest BCUT2D eigenvalue weighted by Crippen LogP contribution is 2.49. The molecule has 3 heterocycles. The summed E-state index contributed by atoms with van der Waals surface area (Å²) < 4.78 is 49.4. The Hall–Kier alpha value is -4.45. The van der Waals surface area contributed by atoms with Crippen molar-refractivity contribution < 1.29 is 32.4 Å². The number of carbonyl (C=O) groups excluding carboxylic acids is 2. The fourth-order valence-corrected chi connectivity index (χ4v) is 6.00. The highest BCUT2D eigenvalue weighted by molar-refractivity contribution is 6.21. The second-order valence-electron chi connectivity index (χ2n) is 9.91. The van der Waals surface area contributed by atoms with Crippen LogP contribution in [0.25, 0.3) is 0 Å². The van der Waals surface area contributed by atoms with E-state index in [-0.39, 0.29) is 18.8 Å². The first-order valence-corrected chi connectivity index (χ1v) is 12.7. The number of para-hydroxylation sites is 1. The summed E-state index contributed by atoms with van der Waals surface area (Å²) in [7, 11) is 0. The number of amides is 2. The van der Waals surface area contributed by atoms with Crippen LogP contribution in [0.1, 0.15) is 32.7 Å². The number of rotatable bonds is 5. The van der Waals surface area contributed by atoms with Gasteiger partial charge >= 0.3 is 6.18 Å². The first kappa shape index (κ1) is 25.8. The molecule has 3 aromatic rings. The second-order valence-corrected chi connectivity index (χ2v) is 9.91. The van der Waals surface area contributed by atoms with Crippen molar-refractivity contribution >= 4 is 23.2 Å². The van der Waals surface area contributed by atoms with E-state index in [0.717, 1.165) is 12.1 Å². The number of carbonyl (C=O) groups is 2. The highest BCUT2D eigenvalue weighted by Gasteiger charge is 2.50. The van der Waals surface area contributed by atoms with Crippen molar-refractivity contribution in [2.45, 2.75) is 24.7 Å². The van der Waals surface area contributed by atoms with E-state index in [4.69, 9.17) is 4.74 Å². The number of piperazine rings is 1. The normalized spacial score (nSPS) is 21.0. The fourth-order valence-electron chi connectivity index (χ4n) is 6.00. The number of alkyl halides is 3. The van der Waals surface area contributed by atoms with Gasteiger partial charge in [0.2, 0.25) is 0 Å². The summed E-state index contributed by atoms with van der Waals surface area (Å²) in [4.78, 5) is 42.1.